The van der Waals surface area contributed by atoms with Gasteiger partial charge < -0.3 is 5.32 Å². The van der Waals surface area contributed by atoms with E-state index in [4.69, 9.17) is 0 Å². The Balaban J connectivity index is 2.13. The largest absolute Gasteiger partial charge is 0.416 e. The molecule has 0 aliphatic rings. The second-order valence-electron chi connectivity index (χ2n) is 6.01. The summed E-state index contributed by atoms with van der Waals surface area (Å²) >= 11 is 0. The fourth-order valence-electron chi connectivity index (χ4n) is 2.80. The van der Waals surface area contributed by atoms with Gasteiger partial charge in [0.25, 0.3) is 0 Å². The molecule has 136 valence electrons. The Kier molecular flexibility index (Phi) is 6.09. The van der Waals surface area contributed by atoms with E-state index in [0.717, 1.165) is 28.5 Å². The van der Waals surface area contributed by atoms with Crippen molar-refractivity contribution >= 4 is 22.9 Å². The third-order valence-electron chi connectivity index (χ3n) is 4.29. The Labute approximate surface area is 152 Å². The van der Waals surface area contributed by atoms with E-state index in [1.807, 2.05) is 25.2 Å². The zero-order valence-corrected chi connectivity index (χ0v) is 14.8. The Bertz CT molecular complexity index is 832. The van der Waals surface area contributed by atoms with Crippen LogP contribution in [0.2, 0.25) is 0 Å². The van der Waals surface area contributed by atoms with Crippen LogP contribution in [0.15, 0.2) is 62.2 Å². The maximum absolute atomic E-state index is 13.2. The molecule has 0 heterocycles. The van der Waals surface area contributed by atoms with Crippen molar-refractivity contribution in [1.29, 1.82) is 0 Å². The van der Waals surface area contributed by atoms with E-state index in [9.17, 15) is 13.2 Å². The first-order valence-corrected chi connectivity index (χ1v) is 8.24. The van der Waals surface area contributed by atoms with E-state index in [0.29, 0.717) is 18.4 Å². The molecular weight excluding hydrogens is 335 g/mol. The van der Waals surface area contributed by atoms with Crippen LogP contribution in [-0.2, 0) is 6.18 Å². The van der Waals surface area contributed by atoms with Crippen molar-refractivity contribution in [3.63, 3.8) is 0 Å². The van der Waals surface area contributed by atoms with Gasteiger partial charge in [0, 0.05) is 12.7 Å². The van der Waals surface area contributed by atoms with E-state index in [1.165, 1.54) is 12.1 Å². The highest BCUT2D eigenvalue weighted by molar-refractivity contribution is 5.75. The van der Waals surface area contributed by atoms with Crippen molar-refractivity contribution in [2.45, 2.75) is 19.0 Å². The van der Waals surface area contributed by atoms with Crippen LogP contribution in [0, 0.1) is 0 Å². The Morgan fingerprint density at radius 2 is 1.69 bits per heavy atom. The standard InChI is InChI=1S/C22H22F3N/c1-5-17-14-18(12-13-21(17)26-4)15(2)10-11-16(3)19-8-6-7-9-20(19)22(23,24)25/h5-9,12-14,26H,1-3,10-11H2,4H3. The number of hydrogen-bond donors (Lipinski definition) is 1. The van der Waals surface area contributed by atoms with Crippen molar-refractivity contribution in [1.82, 2.24) is 0 Å². The van der Waals surface area contributed by atoms with Crippen molar-refractivity contribution in [2.75, 3.05) is 12.4 Å². The van der Waals surface area contributed by atoms with Crippen molar-refractivity contribution < 1.29 is 13.2 Å². The van der Waals surface area contributed by atoms with Gasteiger partial charge in [0.15, 0.2) is 0 Å². The zero-order valence-electron chi connectivity index (χ0n) is 14.8. The minimum atomic E-state index is -4.39. The number of anilines is 1. The monoisotopic (exact) mass is 357 g/mol. The SMILES string of the molecule is C=Cc1cc(C(=C)CCC(=C)c2ccccc2C(F)(F)F)ccc1NC. The summed E-state index contributed by atoms with van der Waals surface area (Å²) < 4.78 is 39.5. The van der Waals surface area contributed by atoms with Crippen LogP contribution in [0.1, 0.15) is 35.1 Å². The Morgan fingerprint density at radius 1 is 1.04 bits per heavy atom. The van der Waals surface area contributed by atoms with Gasteiger partial charge in [-0.15, -0.1) is 0 Å². The van der Waals surface area contributed by atoms with Crippen molar-refractivity contribution in [2.24, 2.45) is 0 Å². The molecule has 2 rings (SSSR count). The molecule has 0 aliphatic carbocycles. The lowest BCUT2D eigenvalue weighted by Gasteiger charge is -2.15. The van der Waals surface area contributed by atoms with E-state index in [-0.39, 0.29) is 5.56 Å². The molecule has 0 spiro atoms. The Hall–Kier alpha value is -2.75. The third-order valence-corrected chi connectivity index (χ3v) is 4.29. The van der Waals surface area contributed by atoms with Gasteiger partial charge in [0.1, 0.15) is 0 Å². The van der Waals surface area contributed by atoms with Gasteiger partial charge in [0.2, 0.25) is 0 Å². The number of benzene rings is 2. The third kappa shape index (κ3) is 4.45. The number of hydrogen-bond acceptors (Lipinski definition) is 1. The molecule has 0 radical (unpaired) electrons. The summed E-state index contributed by atoms with van der Waals surface area (Å²) in [4.78, 5) is 0. The molecule has 2 aromatic carbocycles. The average Bonchev–Trinajstić information content (AvgIpc) is 2.64. The predicted octanol–water partition coefficient (Wildman–Crippen LogP) is 6.90. The summed E-state index contributed by atoms with van der Waals surface area (Å²) in [6, 6.07) is 11.4. The molecule has 0 saturated heterocycles. The summed E-state index contributed by atoms with van der Waals surface area (Å²) in [6.07, 6.45) is -1.71. The summed E-state index contributed by atoms with van der Waals surface area (Å²) in [6.45, 7) is 11.7. The van der Waals surface area contributed by atoms with Gasteiger partial charge in [-0.25, -0.2) is 0 Å². The molecule has 0 fully saturated rings. The summed E-state index contributed by atoms with van der Waals surface area (Å²) in [5, 5.41) is 3.08. The first kappa shape index (κ1) is 19.6. The molecule has 0 amide bonds. The van der Waals surface area contributed by atoms with Crippen LogP contribution < -0.4 is 5.32 Å². The first-order chi connectivity index (χ1) is 12.3. The van der Waals surface area contributed by atoms with Crippen LogP contribution in [0.25, 0.3) is 17.2 Å². The fourth-order valence-corrected chi connectivity index (χ4v) is 2.80. The highest BCUT2D eigenvalue weighted by Gasteiger charge is 2.33. The van der Waals surface area contributed by atoms with Crippen LogP contribution in [-0.4, -0.2) is 7.05 Å². The van der Waals surface area contributed by atoms with Crippen LogP contribution in [0.5, 0.6) is 0 Å². The minimum absolute atomic E-state index is 0.144. The van der Waals surface area contributed by atoms with Gasteiger partial charge in [-0.1, -0.05) is 50.1 Å². The van der Waals surface area contributed by atoms with Crippen molar-refractivity contribution in [3.8, 4) is 0 Å². The second kappa shape index (κ2) is 8.09. The molecule has 1 nitrogen and oxygen atoms in total. The zero-order chi connectivity index (χ0) is 19.3. The van der Waals surface area contributed by atoms with Crippen LogP contribution in [0.4, 0.5) is 18.9 Å². The maximum Gasteiger partial charge on any atom is 0.416 e. The van der Waals surface area contributed by atoms with Gasteiger partial charge in [0.05, 0.1) is 5.56 Å². The van der Waals surface area contributed by atoms with Gasteiger partial charge >= 0.3 is 6.18 Å². The average molecular weight is 357 g/mol. The highest BCUT2D eigenvalue weighted by atomic mass is 19.4. The smallest absolute Gasteiger partial charge is 0.388 e. The maximum atomic E-state index is 13.2. The molecule has 0 aliphatic heterocycles. The first-order valence-electron chi connectivity index (χ1n) is 8.24. The topological polar surface area (TPSA) is 12.0 Å². The Morgan fingerprint density at radius 3 is 2.31 bits per heavy atom. The van der Waals surface area contributed by atoms with E-state index in [1.54, 1.807) is 12.1 Å². The molecule has 0 saturated carbocycles. The molecule has 0 aromatic heterocycles. The second-order valence-corrected chi connectivity index (χ2v) is 6.01. The molecule has 2 aromatic rings. The number of alkyl halides is 3. The quantitative estimate of drug-likeness (QED) is 0.568. The molecule has 0 bridgehead atoms. The fraction of sp³-hybridized carbons (Fsp3) is 0.182. The molecule has 1 N–H and O–H groups in total. The lowest BCUT2D eigenvalue weighted by molar-refractivity contribution is -0.137. The number of nitrogens with one attached hydrogen (secondary N) is 1. The lowest BCUT2D eigenvalue weighted by Crippen LogP contribution is -2.08. The lowest BCUT2D eigenvalue weighted by atomic mass is 9.93. The van der Waals surface area contributed by atoms with Crippen LogP contribution in [0.3, 0.4) is 0 Å². The van der Waals surface area contributed by atoms with E-state index in [2.05, 4.69) is 25.1 Å². The summed E-state index contributed by atoms with van der Waals surface area (Å²) in [5.41, 5.74) is 3.65. The molecule has 0 unspecified atom stereocenters. The van der Waals surface area contributed by atoms with Crippen molar-refractivity contribution in [3.05, 3.63) is 84.5 Å². The van der Waals surface area contributed by atoms with E-state index < -0.39 is 11.7 Å². The molecule has 0 atom stereocenters. The molecule has 26 heavy (non-hydrogen) atoms. The number of rotatable bonds is 7. The van der Waals surface area contributed by atoms with Gasteiger partial charge in [-0.05, 0) is 58.9 Å². The summed E-state index contributed by atoms with van der Waals surface area (Å²) in [7, 11) is 1.83. The highest BCUT2D eigenvalue weighted by Crippen LogP contribution is 2.36. The number of allylic oxidation sites excluding steroid dienone is 2. The van der Waals surface area contributed by atoms with E-state index >= 15 is 0 Å². The molecule has 4 heteroatoms. The normalized spacial score (nSPS) is 11.1. The van der Waals surface area contributed by atoms with Crippen LogP contribution >= 0.6 is 0 Å². The number of halogens is 3. The van der Waals surface area contributed by atoms with Gasteiger partial charge in [-0.3, -0.25) is 0 Å². The molecular formula is C22H22F3N. The minimum Gasteiger partial charge on any atom is -0.388 e. The predicted molar refractivity (Wildman–Crippen MR) is 105 cm³/mol. The summed E-state index contributed by atoms with van der Waals surface area (Å²) in [5.74, 6) is 0. The van der Waals surface area contributed by atoms with Gasteiger partial charge in [-0.2, -0.15) is 13.2 Å².